The predicted octanol–water partition coefficient (Wildman–Crippen LogP) is 2.35. The number of aliphatic hydroxyl groups excluding tert-OH is 1. The molecule has 0 spiro atoms. The van der Waals surface area contributed by atoms with E-state index in [0.717, 1.165) is 6.42 Å². The summed E-state index contributed by atoms with van der Waals surface area (Å²) in [5.74, 6) is 0. The third-order valence-corrected chi connectivity index (χ3v) is 2.83. The molecule has 0 bridgehead atoms. The first-order chi connectivity index (χ1) is 6.26. The number of hydrogen-bond donors (Lipinski definition) is 1. The van der Waals surface area contributed by atoms with Crippen LogP contribution in [0.1, 0.15) is 24.5 Å². The van der Waals surface area contributed by atoms with Crippen molar-refractivity contribution in [3.63, 3.8) is 0 Å². The lowest BCUT2D eigenvalue weighted by atomic mass is 9.75. The molecule has 1 N–H and O–H groups in total. The van der Waals surface area contributed by atoms with Gasteiger partial charge in [-0.3, -0.25) is 0 Å². The Labute approximate surface area is 78.7 Å². The van der Waals surface area contributed by atoms with E-state index in [1.807, 2.05) is 12.1 Å². The zero-order valence-corrected chi connectivity index (χ0v) is 7.83. The second-order valence-electron chi connectivity index (χ2n) is 3.91. The largest absolute Gasteiger partial charge is 0.395 e. The van der Waals surface area contributed by atoms with E-state index in [9.17, 15) is 5.11 Å². The summed E-state index contributed by atoms with van der Waals surface area (Å²) in [6, 6.07) is 8.27. The Morgan fingerprint density at radius 2 is 2.15 bits per heavy atom. The average Bonchev–Trinajstić information content (AvgIpc) is 2.19. The first-order valence-electron chi connectivity index (χ1n) is 4.63. The molecule has 1 heteroatoms. The lowest BCUT2D eigenvalue weighted by molar-refractivity contribution is 0.206. The Morgan fingerprint density at radius 1 is 1.38 bits per heavy atom. The highest BCUT2D eigenvalue weighted by molar-refractivity contribution is 5.59. The third-order valence-electron chi connectivity index (χ3n) is 2.83. The first kappa shape index (κ1) is 8.52. The van der Waals surface area contributed by atoms with Crippen LogP contribution in [0.2, 0.25) is 0 Å². The molecule has 0 saturated carbocycles. The van der Waals surface area contributed by atoms with Crippen LogP contribution in [0.4, 0.5) is 0 Å². The van der Waals surface area contributed by atoms with E-state index in [4.69, 9.17) is 0 Å². The van der Waals surface area contributed by atoms with E-state index < -0.39 is 0 Å². The molecule has 0 heterocycles. The standard InChI is InChI=1S/C12H14O/c1-12(9-13)8-4-6-10-5-2-3-7-11(10)12/h2-7,13H,8-9H2,1H3/t12-/m1/s1. The summed E-state index contributed by atoms with van der Waals surface area (Å²) in [6.07, 6.45) is 5.20. The number of rotatable bonds is 1. The molecule has 0 aromatic heterocycles. The van der Waals surface area contributed by atoms with Crippen molar-refractivity contribution in [2.24, 2.45) is 0 Å². The first-order valence-corrected chi connectivity index (χ1v) is 4.63. The van der Waals surface area contributed by atoms with Crippen LogP contribution in [0.25, 0.3) is 6.08 Å². The molecule has 1 atom stereocenters. The van der Waals surface area contributed by atoms with Gasteiger partial charge in [0.05, 0.1) is 6.61 Å². The van der Waals surface area contributed by atoms with Crippen molar-refractivity contribution in [3.05, 3.63) is 41.5 Å². The maximum absolute atomic E-state index is 9.36. The third kappa shape index (κ3) is 1.29. The van der Waals surface area contributed by atoms with Gasteiger partial charge >= 0.3 is 0 Å². The van der Waals surface area contributed by atoms with Crippen molar-refractivity contribution in [2.45, 2.75) is 18.8 Å². The Morgan fingerprint density at radius 3 is 2.92 bits per heavy atom. The second-order valence-corrected chi connectivity index (χ2v) is 3.91. The molecule has 1 aliphatic carbocycles. The number of benzene rings is 1. The van der Waals surface area contributed by atoms with Crippen LogP contribution < -0.4 is 0 Å². The summed E-state index contributed by atoms with van der Waals surface area (Å²) in [5, 5.41) is 9.36. The van der Waals surface area contributed by atoms with Crippen LogP contribution in [0.3, 0.4) is 0 Å². The van der Waals surface area contributed by atoms with Gasteiger partial charge in [-0.15, -0.1) is 0 Å². The minimum absolute atomic E-state index is 0.0780. The Kier molecular flexibility index (Phi) is 1.97. The van der Waals surface area contributed by atoms with Crippen LogP contribution in [0.5, 0.6) is 0 Å². The van der Waals surface area contributed by atoms with Crippen LogP contribution in [-0.4, -0.2) is 11.7 Å². The molecular weight excluding hydrogens is 160 g/mol. The lowest BCUT2D eigenvalue weighted by Crippen LogP contribution is -2.28. The second kappa shape index (κ2) is 3.00. The number of allylic oxidation sites excluding steroid dienone is 1. The molecule has 1 aromatic rings. The van der Waals surface area contributed by atoms with Crippen molar-refractivity contribution in [1.82, 2.24) is 0 Å². The summed E-state index contributed by atoms with van der Waals surface area (Å²) in [4.78, 5) is 0. The summed E-state index contributed by atoms with van der Waals surface area (Å²) >= 11 is 0. The molecule has 0 fully saturated rings. The highest BCUT2D eigenvalue weighted by Crippen LogP contribution is 2.34. The molecule has 1 aromatic carbocycles. The minimum Gasteiger partial charge on any atom is -0.395 e. The zero-order chi connectivity index (χ0) is 9.31. The quantitative estimate of drug-likeness (QED) is 0.693. The van der Waals surface area contributed by atoms with Crippen molar-refractivity contribution >= 4 is 6.08 Å². The topological polar surface area (TPSA) is 20.2 Å². The fourth-order valence-electron chi connectivity index (χ4n) is 1.90. The van der Waals surface area contributed by atoms with Gasteiger partial charge in [0.25, 0.3) is 0 Å². The molecule has 2 rings (SSSR count). The van der Waals surface area contributed by atoms with Crippen molar-refractivity contribution in [1.29, 1.82) is 0 Å². The maximum atomic E-state index is 9.36. The summed E-state index contributed by atoms with van der Waals surface area (Å²) < 4.78 is 0. The van der Waals surface area contributed by atoms with Gasteiger partial charge in [0.15, 0.2) is 0 Å². The molecule has 1 nitrogen and oxygen atoms in total. The molecule has 0 aliphatic heterocycles. The normalized spacial score (nSPS) is 25.7. The van der Waals surface area contributed by atoms with E-state index in [-0.39, 0.29) is 12.0 Å². The van der Waals surface area contributed by atoms with Gasteiger partial charge in [-0.05, 0) is 17.5 Å². The number of fused-ring (bicyclic) bond motifs is 1. The Hall–Kier alpha value is -1.08. The van der Waals surface area contributed by atoms with Crippen molar-refractivity contribution < 1.29 is 5.11 Å². The van der Waals surface area contributed by atoms with Gasteiger partial charge in [0.2, 0.25) is 0 Å². The lowest BCUT2D eigenvalue weighted by Gasteiger charge is -2.31. The van der Waals surface area contributed by atoms with E-state index in [2.05, 4.69) is 31.2 Å². The fourth-order valence-corrected chi connectivity index (χ4v) is 1.90. The number of hydrogen-bond acceptors (Lipinski definition) is 1. The maximum Gasteiger partial charge on any atom is 0.0528 e. The van der Waals surface area contributed by atoms with E-state index >= 15 is 0 Å². The molecule has 13 heavy (non-hydrogen) atoms. The molecule has 68 valence electrons. The monoisotopic (exact) mass is 174 g/mol. The van der Waals surface area contributed by atoms with Gasteiger partial charge in [0.1, 0.15) is 0 Å². The van der Waals surface area contributed by atoms with Gasteiger partial charge < -0.3 is 5.11 Å². The van der Waals surface area contributed by atoms with Gasteiger partial charge in [-0.25, -0.2) is 0 Å². The van der Waals surface area contributed by atoms with E-state index in [0.29, 0.717) is 0 Å². The van der Waals surface area contributed by atoms with E-state index in [1.165, 1.54) is 11.1 Å². The van der Waals surface area contributed by atoms with Crippen LogP contribution in [0, 0.1) is 0 Å². The highest BCUT2D eigenvalue weighted by Gasteiger charge is 2.28. The van der Waals surface area contributed by atoms with Crippen molar-refractivity contribution in [3.8, 4) is 0 Å². The molecule has 0 amide bonds. The molecular formula is C12H14O. The summed E-state index contributed by atoms with van der Waals surface area (Å²) in [5.41, 5.74) is 2.43. The Bertz CT molecular complexity index is 341. The fraction of sp³-hybridized carbons (Fsp3) is 0.333. The van der Waals surface area contributed by atoms with Crippen LogP contribution in [0.15, 0.2) is 30.3 Å². The molecule has 0 radical (unpaired) electrons. The Balaban J connectivity index is 2.55. The van der Waals surface area contributed by atoms with Crippen LogP contribution >= 0.6 is 0 Å². The molecule has 0 saturated heterocycles. The smallest absolute Gasteiger partial charge is 0.0528 e. The van der Waals surface area contributed by atoms with Crippen LogP contribution in [-0.2, 0) is 5.41 Å². The van der Waals surface area contributed by atoms with Gasteiger partial charge in [-0.2, -0.15) is 0 Å². The van der Waals surface area contributed by atoms with Crippen molar-refractivity contribution in [2.75, 3.05) is 6.61 Å². The average molecular weight is 174 g/mol. The predicted molar refractivity (Wildman–Crippen MR) is 54.5 cm³/mol. The zero-order valence-electron chi connectivity index (χ0n) is 7.83. The summed E-state index contributed by atoms with van der Waals surface area (Å²) in [7, 11) is 0. The molecule has 1 aliphatic rings. The SMILES string of the molecule is C[C@]1(CO)CC=Cc2ccccc21. The molecule has 0 unspecified atom stereocenters. The highest BCUT2D eigenvalue weighted by atomic mass is 16.3. The van der Waals surface area contributed by atoms with Gasteiger partial charge in [-0.1, -0.05) is 43.3 Å². The summed E-state index contributed by atoms with van der Waals surface area (Å²) in [6.45, 7) is 2.32. The van der Waals surface area contributed by atoms with Gasteiger partial charge in [0, 0.05) is 5.41 Å². The number of aliphatic hydroxyl groups is 1. The minimum atomic E-state index is -0.0780. The van der Waals surface area contributed by atoms with E-state index in [1.54, 1.807) is 0 Å².